The van der Waals surface area contributed by atoms with Crippen LogP contribution in [-0.4, -0.2) is 43.6 Å². The minimum Gasteiger partial charge on any atom is -0.489 e. The number of rotatable bonds is 7. The van der Waals surface area contributed by atoms with Crippen molar-refractivity contribution in [3.8, 4) is 5.75 Å². The average molecular weight is 339 g/mol. The molecule has 1 amide bonds. The third-order valence-electron chi connectivity index (χ3n) is 4.06. The lowest BCUT2D eigenvalue weighted by atomic mass is 9.96. The molecular weight excluding hydrogens is 312 g/mol. The smallest absolute Gasteiger partial charge is 0.257 e. The molecule has 0 bridgehead atoms. The van der Waals surface area contributed by atoms with Crippen molar-refractivity contribution in [2.24, 2.45) is 5.92 Å². The minimum atomic E-state index is 0. The summed E-state index contributed by atoms with van der Waals surface area (Å²) in [6.07, 6.45) is 3.82. The van der Waals surface area contributed by atoms with E-state index in [1.54, 1.807) is 6.08 Å². The van der Waals surface area contributed by atoms with Crippen LogP contribution in [0.4, 0.5) is 0 Å². The number of amides is 1. The van der Waals surface area contributed by atoms with Gasteiger partial charge >= 0.3 is 0 Å². The van der Waals surface area contributed by atoms with Crippen LogP contribution in [0.2, 0.25) is 0 Å². The molecule has 128 valence electrons. The highest BCUT2D eigenvalue weighted by Crippen LogP contribution is 2.23. The Kier molecular flexibility index (Phi) is 8.74. The van der Waals surface area contributed by atoms with Crippen molar-refractivity contribution in [3.05, 3.63) is 42.5 Å². The average Bonchev–Trinajstić information content (AvgIpc) is 2.58. The van der Waals surface area contributed by atoms with Gasteiger partial charge < -0.3 is 15.0 Å². The van der Waals surface area contributed by atoms with Crippen molar-refractivity contribution in [1.82, 2.24) is 10.2 Å². The number of hydrogen-bond donors (Lipinski definition) is 1. The van der Waals surface area contributed by atoms with Gasteiger partial charge in [-0.3, -0.25) is 4.79 Å². The molecule has 5 heteroatoms. The van der Waals surface area contributed by atoms with Gasteiger partial charge in [0.15, 0.2) is 0 Å². The molecule has 1 N–H and O–H groups in total. The van der Waals surface area contributed by atoms with Crippen molar-refractivity contribution >= 4 is 18.3 Å². The lowest BCUT2D eigenvalue weighted by molar-refractivity contribution is 0.0686. The highest BCUT2D eigenvalue weighted by atomic mass is 35.5. The van der Waals surface area contributed by atoms with Crippen LogP contribution in [0, 0.1) is 5.92 Å². The summed E-state index contributed by atoms with van der Waals surface area (Å²) in [5.74, 6) is 1.39. The number of piperidine rings is 1. The summed E-state index contributed by atoms with van der Waals surface area (Å²) in [6.45, 7) is 9.89. The van der Waals surface area contributed by atoms with E-state index in [1.807, 2.05) is 29.2 Å². The minimum absolute atomic E-state index is 0. The number of nitrogens with zero attached hydrogens (tertiary/aromatic N) is 1. The Labute approximate surface area is 145 Å². The van der Waals surface area contributed by atoms with Crippen LogP contribution < -0.4 is 10.1 Å². The van der Waals surface area contributed by atoms with Gasteiger partial charge in [0.1, 0.15) is 12.4 Å². The Morgan fingerprint density at radius 3 is 2.74 bits per heavy atom. The molecule has 1 aliphatic heterocycles. The van der Waals surface area contributed by atoms with Crippen LogP contribution in [0.1, 0.15) is 30.1 Å². The summed E-state index contributed by atoms with van der Waals surface area (Å²) in [7, 11) is 0. The molecule has 1 aliphatic rings. The molecule has 0 aliphatic carbocycles. The first-order chi connectivity index (χ1) is 10.8. The van der Waals surface area contributed by atoms with E-state index < -0.39 is 0 Å². The van der Waals surface area contributed by atoms with Gasteiger partial charge in [-0.25, -0.2) is 0 Å². The third-order valence-corrected chi connectivity index (χ3v) is 4.06. The van der Waals surface area contributed by atoms with Crippen molar-refractivity contribution in [2.45, 2.75) is 19.8 Å². The Hall–Kier alpha value is -1.52. The number of likely N-dealkylation sites (tertiary alicyclic amines) is 1. The van der Waals surface area contributed by atoms with Gasteiger partial charge in [0, 0.05) is 13.1 Å². The fourth-order valence-corrected chi connectivity index (χ4v) is 2.78. The predicted molar refractivity (Wildman–Crippen MR) is 96.6 cm³/mol. The number of carbonyl (C=O) groups is 1. The van der Waals surface area contributed by atoms with E-state index in [-0.39, 0.29) is 18.3 Å². The first kappa shape index (κ1) is 19.5. The largest absolute Gasteiger partial charge is 0.489 e. The van der Waals surface area contributed by atoms with Crippen LogP contribution in [0.3, 0.4) is 0 Å². The number of carbonyl (C=O) groups excluding carboxylic acids is 1. The summed E-state index contributed by atoms with van der Waals surface area (Å²) in [5.41, 5.74) is 0.648. The standard InChI is InChI=1S/C18H26N2O2.ClH/c1-3-13-22-17-8-6-5-7-16(17)18(21)20-11-9-15(10-12-20)14-19-4-2;/h3,5-8,15,19H,1,4,9-14H2,2H3;1H. The fourth-order valence-electron chi connectivity index (χ4n) is 2.78. The molecule has 23 heavy (non-hydrogen) atoms. The van der Waals surface area contributed by atoms with E-state index in [0.717, 1.165) is 39.0 Å². The van der Waals surface area contributed by atoms with Crippen LogP contribution in [-0.2, 0) is 0 Å². The summed E-state index contributed by atoms with van der Waals surface area (Å²) in [4.78, 5) is 14.7. The Morgan fingerprint density at radius 2 is 2.09 bits per heavy atom. The SMILES string of the molecule is C=CCOc1ccccc1C(=O)N1CCC(CNCC)CC1.Cl. The maximum absolute atomic E-state index is 12.7. The van der Waals surface area contributed by atoms with Crippen LogP contribution in [0.25, 0.3) is 0 Å². The molecule has 0 spiro atoms. The van der Waals surface area contributed by atoms with Gasteiger partial charge in [0.25, 0.3) is 5.91 Å². The molecule has 0 atom stereocenters. The number of para-hydroxylation sites is 1. The first-order valence-electron chi connectivity index (χ1n) is 8.09. The Balaban J connectivity index is 0.00000264. The second kappa shape index (κ2) is 10.3. The van der Waals surface area contributed by atoms with Crippen LogP contribution in [0.5, 0.6) is 5.75 Å². The third kappa shape index (κ3) is 5.56. The van der Waals surface area contributed by atoms with Crippen molar-refractivity contribution in [1.29, 1.82) is 0 Å². The number of benzene rings is 1. The zero-order valence-electron chi connectivity index (χ0n) is 13.8. The topological polar surface area (TPSA) is 41.6 Å². The van der Waals surface area contributed by atoms with Crippen molar-refractivity contribution in [3.63, 3.8) is 0 Å². The normalized spacial score (nSPS) is 14.9. The van der Waals surface area contributed by atoms with Crippen LogP contribution >= 0.6 is 12.4 Å². The second-order valence-electron chi connectivity index (χ2n) is 5.64. The van der Waals surface area contributed by atoms with Crippen LogP contribution in [0.15, 0.2) is 36.9 Å². The Bertz CT molecular complexity index is 500. The molecule has 0 unspecified atom stereocenters. The second-order valence-corrected chi connectivity index (χ2v) is 5.64. The van der Waals surface area contributed by atoms with E-state index in [2.05, 4.69) is 18.8 Å². The predicted octanol–water partition coefficient (Wildman–Crippen LogP) is 3.13. The summed E-state index contributed by atoms with van der Waals surface area (Å²) in [5, 5.41) is 3.39. The van der Waals surface area contributed by atoms with Crippen molar-refractivity contribution in [2.75, 3.05) is 32.8 Å². The van der Waals surface area contributed by atoms with E-state index in [0.29, 0.717) is 23.8 Å². The van der Waals surface area contributed by atoms with E-state index in [9.17, 15) is 4.79 Å². The fraction of sp³-hybridized carbons (Fsp3) is 0.500. The number of ether oxygens (including phenoxy) is 1. The maximum Gasteiger partial charge on any atom is 0.257 e. The maximum atomic E-state index is 12.7. The molecule has 1 aromatic carbocycles. The van der Waals surface area contributed by atoms with E-state index >= 15 is 0 Å². The molecule has 0 saturated carbocycles. The molecule has 2 rings (SSSR count). The lowest BCUT2D eigenvalue weighted by Gasteiger charge is -2.32. The first-order valence-corrected chi connectivity index (χ1v) is 8.09. The molecule has 4 nitrogen and oxygen atoms in total. The number of hydrogen-bond acceptors (Lipinski definition) is 3. The van der Waals surface area contributed by atoms with Gasteiger partial charge in [-0.05, 0) is 44.0 Å². The summed E-state index contributed by atoms with van der Waals surface area (Å²) in [6, 6.07) is 7.45. The molecular formula is C18H27ClN2O2. The van der Waals surface area contributed by atoms with E-state index in [1.165, 1.54) is 0 Å². The molecule has 1 fully saturated rings. The van der Waals surface area contributed by atoms with E-state index in [4.69, 9.17) is 4.74 Å². The zero-order chi connectivity index (χ0) is 15.8. The quantitative estimate of drug-likeness (QED) is 0.777. The number of halogens is 1. The molecule has 1 aromatic rings. The monoisotopic (exact) mass is 338 g/mol. The van der Waals surface area contributed by atoms with Gasteiger partial charge in [-0.2, -0.15) is 0 Å². The van der Waals surface area contributed by atoms with Gasteiger partial charge in [0.05, 0.1) is 5.56 Å². The molecule has 1 saturated heterocycles. The summed E-state index contributed by atoms with van der Waals surface area (Å²) < 4.78 is 5.60. The summed E-state index contributed by atoms with van der Waals surface area (Å²) >= 11 is 0. The lowest BCUT2D eigenvalue weighted by Crippen LogP contribution is -2.40. The van der Waals surface area contributed by atoms with Gasteiger partial charge in [-0.1, -0.05) is 31.7 Å². The highest BCUT2D eigenvalue weighted by Gasteiger charge is 2.25. The highest BCUT2D eigenvalue weighted by molar-refractivity contribution is 5.97. The van der Waals surface area contributed by atoms with Gasteiger partial charge in [0.2, 0.25) is 0 Å². The number of nitrogens with one attached hydrogen (secondary N) is 1. The Morgan fingerprint density at radius 1 is 1.39 bits per heavy atom. The molecule has 1 heterocycles. The van der Waals surface area contributed by atoms with Gasteiger partial charge in [-0.15, -0.1) is 12.4 Å². The molecule has 0 aromatic heterocycles. The zero-order valence-corrected chi connectivity index (χ0v) is 14.6. The molecule has 0 radical (unpaired) electrons. The van der Waals surface area contributed by atoms with Crippen molar-refractivity contribution < 1.29 is 9.53 Å².